The molecule has 0 spiro atoms. The maximum atomic E-state index is 14.9. The summed E-state index contributed by atoms with van der Waals surface area (Å²) in [7, 11) is 0. The topological polar surface area (TPSA) is 59.3 Å². The molecule has 1 aromatic carbocycles. The summed E-state index contributed by atoms with van der Waals surface area (Å²) in [5, 5.41) is -0.0800. The van der Waals surface area contributed by atoms with Crippen molar-refractivity contribution in [2.75, 3.05) is 24.6 Å². The van der Waals surface area contributed by atoms with Crippen LogP contribution in [0.1, 0.15) is 55.6 Å². The number of alkyl halides is 7. The lowest BCUT2D eigenvalue weighted by molar-refractivity contribution is -0.143. The van der Waals surface area contributed by atoms with Crippen molar-refractivity contribution < 1.29 is 35.5 Å². The van der Waals surface area contributed by atoms with Gasteiger partial charge in [-0.3, -0.25) is 4.90 Å². The number of piperazine rings is 1. The molecule has 2 aromatic heterocycles. The van der Waals surface area contributed by atoms with Crippen LogP contribution in [0, 0.1) is 12.8 Å². The zero-order chi connectivity index (χ0) is 31.6. The van der Waals surface area contributed by atoms with E-state index in [1.165, 1.54) is 17.0 Å². The van der Waals surface area contributed by atoms with Crippen LogP contribution < -0.4 is 4.90 Å². The summed E-state index contributed by atoms with van der Waals surface area (Å²) in [6.45, 7) is 4.55. The number of ether oxygens (including phenoxy) is 1. The molecule has 2 aliphatic heterocycles. The molecule has 0 radical (unpaired) electrons. The number of anilines is 1. The third-order valence-electron chi connectivity index (χ3n) is 9.03. The van der Waals surface area contributed by atoms with Crippen LogP contribution in [0.15, 0.2) is 24.3 Å². The zero-order valence-electron chi connectivity index (χ0n) is 24.0. The van der Waals surface area contributed by atoms with Gasteiger partial charge in [-0.2, -0.15) is 23.1 Å². The molecule has 3 aromatic rings. The molecule has 1 unspecified atom stereocenters. The van der Waals surface area contributed by atoms with Crippen molar-refractivity contribution in [3.63, 3.8) is 0 Å². The Hall–Kier alpha value is -2.71. The monoisotopic (exact) mass is 648 g/mol. The van der Waals surface area contributed by atoms with Crippen LogP contribution in [0.5, 0.6) is 0 Å². The molecule has 0 N–H and O–H groups in total. The van der Waals surface area contributed by atoms with Gasteiger partial charge in [0, 0.05) is 44.6 Å². The van der Waals surface area contributed by atoms with Crippen LogP contribution in [-0.4, -0.2) is 74.7 Å². The predicted molar refractivity (Wildman–Crippen MR) is 149 cm³/mol. The zero-order valence-corrected chi connectivity index (χ0v) is 24.8. The highest BCUT2D eigenvalue weighted by molar-refractivity contribution is 6.28. The molecule has 15 heteroatoms. The van der Waals surface area contributed by atoms with Crippen molar-refractivity contribution in [2.24, 2.45) is 5.92 Å². The van der Waals surface area contributed by atoms with Crippen molar-refractivity contribution in [1.82, 2.24) is 24.4 Å². The minimum absolute atomic E-state index is 0.0154. The second-order valence-electron chi connectivity index (χ2n) is 12.1. The molecule has 0 amide bonds. The Balaban J connectivity index is 1.34. The Labute approximate surface area is 254 Å². The summed E-state index contributed by atoms with van der Waals surface area (Å²) >= 11 is 6.36. The van der Waals surface area contributed by atoms with Crippen LogP contribution >= 0.6 is 11.6 Å². The Kier molecular flexibility index (Phi) is 8.23. The smallest absolute Gasteiger partial charge is 0.376 e. The molecule has 44 heavy (non-hydrogen) atoms. The van der Waals surface area contributed by atoms with Crippen molar-refractivity contribution in [3.05, 3.63) is 46.5 Å². The summed E-state index contributed by atoms with van der Waals surface area (Å²) < 4.78 is 105. The first kappa shape index (κ1) is 31.3. The molecule has 4 heterocycles. The molecule has 1 saturated carbocycles. The number of halogens is 8. The van der Waals surface area contributed by atoms with E-state index in [4.69, 9.17) is 16.3 Å². The number of fused-ring (bicyclic) bond motifs is 1. The van der Waals surface area contributed by atoms with Crippen LogP contribution in [0.25, 0.3) is 11.2 Å². The van der Waals surface area contributed by atoms with E-state index >= 15 is 0 Å². The highest BCUT2D eigenvalue weighted by Crippen LogP contribution is 2.52. The summed E-state index contributed by atoms with van der Waals surface area (Å²) in [4.78, 5) is 16.6. The summed E-state index contributed by atoms with van der Waals surface area (Å²) in [5.41, 5.74) is 0.244. The number of benzene rings is 1. The van der Waals surface area contributed by atoms with Crippen molar-refractivity contribution >= 4 is 28.6 Å². The van der Waals surface area contributed by atoms with Crippen LogP contribution in [0.2, 0.25) is 5.28 Å². The molecule has 1 aliphatic carbocycles. The van der Waals surface area contributed by atoms with E-state index in [0.29, 0.717) is 35.7 Å². The highest BCUT2D eigenvalue weighted by Gasteiger charge is 2.53. The fourth-order valence-electron chi connectivity index (χ4n) is 6.88. The Morgan fingerprint density at radius 3 is 2.36 bits per heavy atom. The molecule has 4 atom stereocenters. The van der Waals surface area contributed by atoms with E-state index in [1.807, 2.05) is 4.57 Å². The van der Waals surface area contributed by atoms with Crippen molar-refractivity contribution in [3.8, 4) is 0 Å². The Morgan fingerprint density at radius 2 is 1.77 bits per heavy atom. The molecular weight excluding hydrogens is 617 g/mol. The fraction of sp³-hybridized carbons (Fsp3) is 0.621. The molecule has 0 bridgehead atoms. The normalized spacial score (nSPS) is 25.6. The molecule has 6 rings (SSSR count). The summed E-state index contributed by atoms with van der Waals surface area (Å²) in [6.07, 6.45) is -6.75. The van der Waals surface area contributed by atoms with Gasteiger partial charge in [0.15, 0.2) is 17.0 Å². The van der Waals surface area contributed by atoms with E-state index in [9.17, 15) is 30.7 Å². The highest BCUT2D eigenvalue weighted by atomic mass is 35.5. The van der Waals surface area contributed by atoms with Gasteiger partial charge in [-0.05, 0) is 61.9 Å². The molecule has 2 saturated heterocycles. The van der Waals surface area contributed by atoms with Gasteiger partial charge in [0.05, 0.1) is 24.3 Å². The Morgan fingerprint density at radius 1 is 1.07 bits per heavy atom. The Bertz CT molecular complexity index is 1490. The second kappa shape index (κ2) is 11.6. The van der Waals surface area contributed by atoms with Gasteiger partial charge in [0.25, 0.3) is 6.43 Å². The maximum absolute atomic E-state index is 14.9. The first-order valence-electron chi connectivity index (χ1n) is 14.6. The first-order chi connectivity index (χ1) is 20.7. The number of hydrogen-bond donors (Lipinski definition) is 0. The average Bonchev–Trinajstić information content (AvgIpc) is 3.55. The van der Waals surface area contributed by atoms with Gasteiger partial charge in [0.2, 0.25) is 11.2 Å². The van der Waals surface area contributed by atoms with Gasteiger partial charge in [-0.25, -0.2) is 22.5 Å². The predicted octanol–water partition coefficient (Wildman–Crippen LogP) is 6.92. The van der Waals surface area contributed by atoms with Crippen LogP contribution in [-0.2, 0) is 17.5 Å². The standard InChI is InChI=1S/C29H32ClF7N6O/c1-15-12-43(23(18-10-28(33,34)11-18)17-5-7-19(8-6-17)29(35,36)37)21(24(31)32)14-41(15)25-22-26(40-27(30)39-25)42(16(2)38-22)13-20-4-3-9-44-20/h5-8,15,18,20-21,23-24H,3-4,9-14H2,1-2H3/t15-,20-,21-,23?/m0/s1. The SMILES string of the molecule is Cc1nc2c(N3C[C@@H](C(F)F)N(C(c4ccc(C(F)(F)F)cc4)C4CC(F)(F)C4)C[C@@H]3C)nc(Cl)nc2n1C[C@@H]1CCCO1. The van der Waals surface area contributed by atoms with Gasteiger partial charge < -0.3 is 14.2 Å². The van der Waals surface area contributed by atoms with Gasteiger partial charge in [-0.1, -0.05) is 12.1 Å². The second-order valence-corrected chi connectivity index (χ2v) is 12.4. The van der Waals surface area contributed by atoms with Crippen molar-refractivity contribution in [2.45, 2.75) is 88.8 Å². The number of aryl methyl sites for hydroxylation is 1. The molecule has 3 aliphatic rings. The van der Waals surface area contributed by atoms with Crippen LogP contribution in [0.3, 0.4) is 0 Å². The van der Waals surface area contributed by atoms with E-state index in [1.54, 1.807) is 18.7 Å². The quantitative estimate of drug-likeness (QED) is 0.205. The number of rotatable bonds is 7. The lowest BCUT2D eigenvalue weighted by Gasteiger charge is -2.52. The maximum Gasteiger partial charge on any atom is 0.416 e. The number of nitrogens with zero attached hydrogens (tertiary/aromatic N) is 6. The summed E-state index contributed by atoms with van der Waals surface area (Å²) in [6, 6.07) is 1.33. The lowest BCUT2D eigenvalue weighted by Crippen LogP contribution is -2.62. The summed E-state index contributed by atoms with van der Waals surface area (Å²) in [5.74, 6) is -2.74. The number of hydrogen-bond acceptors (Lipinski definition) is 6. The third kappa shape index (κ3) is 5.96. The number of imidazole rings is 1. The van der Waals surface area contributed by atoms with Crippen LogP contribution in [0.4, 0.5) is 36.6 Å². The molecular formula is C29H32ClF7N6O. The van der Waals surface area contributed by atoms with Gasteiger partial charge >= 0.3 is 6.18 Å². The first-order valence-corrected chi connectivity index (χ1v) is 15.0. The van der Waals surface area contributed by atoms with E-state index < -0.39 is 61.0 Å². The minimum atomic E-state index is -4.59. The number of aromatic nitrogens is 4. The van der Waals surface area contributed by atoms with Gasteiger partial charge in [-0.15, -0.1) is 0 Å². The fourth-order valence-corrected chi connectivity index (χ4v) is 7.04. The molecule has 7 nitrogen and oxygen atoms in total. The van der Waals surface area contributed by atoms with E-state index in [0.717, 1.165) is 25.0 Å². The van der Waals surface area contributed by atoms with E-state index in [-0.39, 0.29) is 30.3 Å². The molecule has 3 fully saturated rings. The lowest BCUT2D eigenvalue weighted by atomic mass is 9.73. The van der Waals surface area contributed by atoms with Crippen molar-refractivity contribution in [1.29, 1.82) is 0 Å². The molecule has 240 valence electrons. The van der Waals surface area contributed by atoms with E-state index in [2.05, 4.69) is 15.0 Å². The minimum Gasteiger partial charge on any atom is -0.376 e. The average molecular weight is 649 g/mol. The van der Waals surface area contributed by atoms with Gasteiger partial charge in [0.1, 0.15) is 5.82 Å². The third-order valence-corrected chi connectivity index (χ3v) is 9.20. The largest absolute Gasteiger partial charge is 0.416 e.